The summed E-state index contributed by atoms with van der Waals surface area (Å²) in [7, 11) is 0. The molecule has 4 nitrogen and oxygen atoms in total. The van der Waals surface area contributed by atoms with Crippen molar-refractivity contribution in [3.63, 3.8) is 0 Å². The predicted molar refractivity (Wildman–Crippen MR) is 72.6 cm³/mol. The maximum atomic E-state index is 12.1. The fourth-order valence-corrected chi connectivity index (χ4v) is 3.48. The molecule has 2 atom stereocenters. The largest absolute Gasteiger partial charge is 0.481 e. The van der Waals surface area contributed by atoms with Crippen molar-refractivity contribution in [1.29, 1.82) is 0 Å². The average molecular weight is 267 g/mol. The lowest BCUT2D eigenvalue weighted by molar-refractivity contribution is -0.141. The van der Waals surface area contributed by atoms with Gasteiger partial charge in [0.15, 0.2) is 0 Å². The average Bonchev–Trinajstić information content (AvgIpc) is 2.89. The zero-order valence-electron chi connectivity index (χ0n) is 11.7. The van der Waals surface area contributed by atoms with E-state index in [1.54, 1.807) is 0 Å². The molecule has 4 heteroatoms. The zero-order valence-corrected chi connectivity index (χ0v) is 11.7. The summed E-state index contributed by atoms with van der Waals surface area (Å²) in [4.78, 5) is 23.0. The Bertz CT molecular complexity index is 334. The molecule has 2 saturated carbocycles. The highest BCUT2D eigenvalue weighted by Crippen LogP contribution is 2.32. The Morgan fingerprint density at radius 1 is 1.05 bits per heavy atom. The van der Waals surface area contributed by atoms with Crippen molar-refractivity contribution in [2.45, 2.75) is 64.3 Å². The van der Waals surface area contributed by atoms with E-state index >= 15 is 0 Å². The molecule has 0 bridgehead atoms. The van der Waals surface area contributed by atoms with Crippen LogP contribution >= 0.6 is 0 Å². The molecule has 2 rings (SSSR count). The molecule has 19 heavy (non-hydrogen) atoms. The van der Waals surface area contributed by atoms with Crippen molar-refractivity contribution < 1.29 is 14.7 Å². The van der Waals surface area contributed by atoms with E-state index in [-0.39, 0.29) is 17.7 Å². The van der Waals surface area contributed by atoms with E-state index in [0.29, 0.717) is 18.9 Å². The molecular formula is C15H25NO3. The molecule has 2 N–H and O–H groups in total. The van der Waals surface area contributed by atoms with Gasteiger partial charge in [0.05, 0.1) is 5.92 Å². The Labute approximate surface area is 115 Å². The molecule has 0 radical (unpaired) electrons. The third-order valence-corrected chi connectivity index (χ3v) is 4.92. The number of hydrogen-bond donors (Lipinski definition) is 2. The molecule has 0 aromatic rings. The standard InChI is InChI=1S/C15H25NO3/c1-2-10-3-7-13(8-4-10)16-14(17)11-5-6-12(9-11)15(18)19/h10-13H,2-9H2,1H3,(H,16,17)(H,18,19). The van der Waals surface area contributed by atoms with Crippen LogP contribution in [0.1, 0.15) is 58.3 Å². The molecular weight excluding hydrogens is 242 g/mol. The maximum Gasteiger partial charge on any atom is 0.306 e. The van der Waals surface area contributed by atoms with Crippen LogP contribution in [-0.4, -0.2) is 23.0 Å². The van der Waals surface area contributed by atoms with Crippen LogP contribution in [0.2, 0.25) is 0 Å². The van der Waals surface area contributed by atoms with Gasteiger partial charge in [-0.25, -0.2) is 0 Å². The van der Waals surface area contributed by atoms with Crippen LogP contribution in [0.15, 0.2) is 0 Å². The fraction of sp³-hybridized carbons (Fsp3) is 0.867. The first kappa shape index (κ1) is 14.4. The van der Waals surface area contributed by atoms with Gasteiger partial charge in [0, 0.05) is 12.0 Å². The van der Waals surface area contributed by atoms with Gasteiger partial charge >= 0.3 is 5.97 Å². The van der Waals surface area contributed by atoms with E-state index in [1.165, 1.54) is 19.3 Å². The van der Waals surface area contributed by atoms with Gasteiger partial charge in [-0.3, -0.25) is 9.59 Å². The fourth-order valence-electron chi connectivity index (χ4n) is 3.48. The minimum Gasteiger partial charge on any atom is -0.481 e. The number of carbonyl (C=O) groups excluding carboxylic acids is 1. The summed E-state index contributed by atoms with van der Waals surface area (Å²) in [5, 5.41) is 12.1. The van der Waals surface area contributed by atoms with Gasteiger partial charge in [0.2, 0.25) is 5.91 Å². The monoisotopic (exact) mass is 267 g/mol. The topological polar surface area (TPSA) is 66.4 Å². The zero-order chi connectivity index (χ0) is 13.8. The van der Waals surface area contributed by atoms with E-state index in [4.69, 9.17) is 5.11 Å². The molecule has 2 unspecified atom stereocenters. The van der Waals surface area contributed by atoms with Crippen LogP contribution in [0.5, 0.6) is 0 Å². The first-order valence-corrected chi connectivity index (χ1v) is 7.63. The molecule has 0 aromatic heterocycles. The number of carbonyl (C=O) groups is 2. The van der Waals surface area contributed by atoms with E-state index in [1.807, 2.05) is 0 Å². The lowest BCUT2D eigenvalue weighted by Crippen LogP contribution is -2.40. The van der Waals surface area contributed by atoms with Crippen molar-refractivity contribution in [2.75, 3.05) is 0 Å². The molecule has 0 aliphatic heterocycles. The lowest BCUT2D eigenvalue weighted by Gasteiger charge is -2.29. The summed E-state index contributed by atoms with van der Waals surface area (Å²) >= 11 is 0. The van der Waals surface area contributed by atoms with Crippen LogP contribution in [0.25, 0.3) is 0 Å². The number of carboxylic acids is 1. The Morgan fingerprint density at radius 3 is 2.21 bits per heavy atom. The van der Waals surface area contributed by atoms with Crippen molar-refractivity contribution in [3.8, 4) is 0 Å². The van der Waals surface area contributed by atoms with Crippen molar-refractivity contribution >= 4 is 11.9 Å². The van der Waals surface area contributed by atoms with Crippen molar-refractivity contribution in [2.24, 2.45) is 17.8 Å². The van der Waals surface area contributed by atoms with Gasteiger partial charge in [0.1, 0.15) is 0 Å². The smallest absolute Gasteiger partial charge is 0.306 e. The van der Waals surface area contributed by atoms with Crippen LogP contribution in [-0.2, 0) is 9.59 Å². The molecule has 108 valence electrons. The summed E-state index contributed by atoms with van der Waals surface area (Å²) in [6, 6.07) is 0.319. The van der Waals surface area contributed by atoms with E-state index in [9.17, 15) is 9.59 Å². The molecule has 0 heterocycles. The normalized spacial score (nSPS) is 35.0. The molecule has 1 amide bonds. The summed E-state index contributed by atoms with van der Waals surface area (Å²) < 4.78 is 0. The van der Waals surface area contributed by atoms with E-state index < -0.39 is 5.97 Å². The summed E-state index contributed by atoms with van der Waals surface area (Å²) in [6.45, 7) is 2.23. The molecule has 0 spiro atoms. The number of aliphatic carboxylic acids is 1. The number of rotatable bonds is 4. The molecule has 0 aromatic carbocycles. The molecule has 2 fully saturated rings. The second-order valence-electron chi connectivity index (χ2n) is 6.18. The Kier molecular flexibility index (Phi) is 4.83. The summed E-state index contributed by atoms with van der Waals surface area (Å²) in [6.07, 6.45) is 7.73. The minimum absolute atomic E-state index is 0.0787. The third-order valence-electron chi connectivity index (χ3n) is 4.92. The van der Waals surface area contributed by atoms with Gasteiger partial charge in [-0.15, -0.1) is 0 Å². The van der Waals surface area contributed by atoms with Crippen LogP contribution in [0, 0.1) is 17.8 Å². The van der Waals surface area contributed by atoms with Gasteiger partial charge in [-0.1, -0.05) is 13.3 Å². The number of hydrogen-bond acceptors (Lipinski definition) is 2. The van der Waals surface area contributed by atoms with Crippen molar-refractivity contribution in [1.82, 2.24) is 5.32 Å². The number of carboxylic acid groups (broad SMARTS) is 1. The summed E-state index contributed by atoms with van der Waals surface area (Å²) in [5.41, 5.74) is 0. The van der Waals surface area contributed by atoms with Crippen LogP contribution in [0.4, 0.5) is 0 Å². The van der Waals surface area contributed by atoms with Gasteiger partial charge in [-0.2, -0.15) is 0 Å². The number of amides is 1. The van der Waals surface area contributed by atoms with E-state index in [0.717, 1.165) is 25.2 Å². The highest BCUT2D eigenvalue weighted by atomic mass is 16.4. The Balaban J connectivity index is 1.75. The molecule has 2 aliphatic carbocycles. The third kappa shape index (κ3) is 3.71. The van der Waals surface area contributed by atoms with Gasteiger partial charge < -0.3 is 10.4 Å². The Morgan fingerprint density at radius 2 is 1.68 bits per heavy atom. The van der Waals surface area contributed by atoms with Crippen LogP contribution in [0.3, 0.4) is 0 Å². The first-order chi connectivity index (χ1) is 9.10. The number of nitrogens with one attached hydrogen (secondary N) is 1. The minimum atomic E-state index is -0.751. The second kappa shape index (κ2) is 6.40. The molecule has 2 aliphatic rings. The van der Waals surface area contributed by atoms with Crippen LogP contribution < -0.4 is 5.32 Å². The quantitative estimate of drug-likeness (QED) is 0.822. The van der Waals surface area contributed by atoms with Gasteiger partial charge in [0.25, 0.3) is 0 Å². The summed E-state index contributed by atoms with van der Waals surface area (Å²) in [5.74, 6) is -0.227. The van der Waals surface area contributed by atoms with Gasteiger partial charge in [-0.05, 0) is 50.9 Å². The predicted octanol–water partition coefficient (Wildman–Crippen LogP) is 2.57. The Hall–Kier alpha value is -1.06. The highest BCUT2D eigenvalue weighted by molar-refractivity contribution is 5.81. The maximum absolute atomic E-state index is 12.1. The van der Waals surface area contributed by atoms with Crippen molar-refractivity contribution in [3.05, 3.63) is 0 Å². The van der Waals surface area contributed by atoms with E-state index in [2.05, 4.69) is 12.2 Å². The SMILES string of the molecule is CCC1CCC(NC(=O)C2CCC(C(=O)O)C2)CC1. The molecule has 0 saturated heterocycles. The highest BCUT2D eigenvalue weighted by Gasteiger charge is 2.34. The lowest BCUT2D eigenvalue weighted by atomic mass is 9.84. The second-order valence-corrected chi connectivity index (χ2v) is 6.18. The first-order valence-electron chi connectivity index (χ1n) is 7.63.